The van der Waals surface area contributed by atoms with Crippen molar-refractivity contribution in [3.8, 4) is 0 Å². The van der Waals surface area contributed by atoms with E-state index in [9.17, 15) is 14.7 Å². The highest BCUT2D eigenvalue weighted by molar-refractivity contribution is 5.98. The second-order valence-electron chi connectivity index (χ2n) is 6.37. The first-order chi connectivity index (χ1) is 11.5. The Kier molecular flexibility index (Phi) is 4.38. The summed E-state index contributed by atoms with van der Waals surface area (Å²) in [5, 5.41) is 9.29. The van der Waals surface area contributed by atoms with E-state index in [0.29, 0.717) is 12.1 Å². The second kappa shape index (κ2) is 6.48. The SMILES string of the molecule is Cc1cc(C)c2c(c1)N(C(=O)Cc1ccccc1C(=O)O)CCC2. The number of hydrogen-bond acceptors (Lipinski definition) is 2. The highest BCUT2D eigenvalue weighted by Gasteiger charge is 2.25. The van der Waals surface area contributed by atoms with Crippen molar-refractivity contribution >= 4 is 17.6 Å². The lowest BCUT2D eigenvalue weighted by Gasteiger charge is -2.31. The maximum Gasteiger partial charge on any atom is 0.335 e. The molecule has 0 bridgehead atoms. The van der Waals surface area contributed by atoms with Crippen LogP contribution < -0.4 is 4.90 Å². The van der Waals surface area contributed by atoms with Crippen molar-refractivity contribution < 1.29 is 14.7 Å². The van der Waals surface area contributed by atoms with E-state index in [0.717, 1.165) is 24.1 Å². The van der Waals surface area contributed by atoms with Crippen molar-refractivity contribution in [3.05, 3.63) is 64.2 Å². The molecule has 0 radical (unpaired) electrons. The van der Waals surface area contributed by atoms with Crippen molar-refractivity contribution in [1.82, 2.24) is 0 Å². The lowest BCUT2D eigenvalue weighted by molar-refractivity contribution is -0.118. The Morgan fingerprint density at radius 3 is 2.67 bits per heavy atom. The van der Waals surface area contributed by atoms with Crippen molar-refractivity contribution in [2.24, 2.45) is 0 Å². The molecule has 0 aromatic heterocycles. The fourth-order valence-electron chi connectivity index (χ4n) is 3.48. The largest absolute Gasteiger partial charge is 0.478 e. The molecule has 0 atom stereocenters. The zero-order chi connectivity index (χ0) is 17.3. The van der Waals surface area contributed by atoms with E-state index in [2.05, 4.69) is 19.1 Å². The number of amides is 1. The van der Waals surface area contributed by atoms with Gasteiger partial charge in [0.15, 0.2) is 0 Å². The topological polar surface area (TPSA) is 57.6 Å². The summed E-state index contributed by atoms with van der Waals surface area (Å²) in [6, 6.07) is 10.9. The van der Waals surface area contributed by atoms with Crippen molar-refractivity contribution in [2.45, 2.75) is 33.1 Å². The monoisotopic (exact) mass is 323 g/mol. The summed E-state index contributed by atoms with van der Waals surface area (Å²) >= 11 is 0. The van der Waals surface area contributed by atoms with E-state index >= 15 is 0 Å². The van der Waals surface area contributed by atoms with Gasteiger partial charge in [-0.05, 0) is 61.1 Å². The van der Waals surface area contributed by atoms with E-state index in [1.807, 2.05) is 11.8 Å². The predicted octanol–water partition coefficient (Wildman–Crippen LogP) is 3.52. The molecule has 0 unspecified atom stereocenters. The average Bonchev–Trinajstić information content (AvgIpc) is 2.54. The molecule has 0 aliphatic carbocycles. The van der Waals surface area contributed by atoms with E-state index in [-0.39, 0.29) is 17.9 Å². The van der Waals surface area contributed by atoms with Gasteiger partial charge in [0.25, 0.3) is 0 Å². The molecule has 0 saturated carbocycles. The number of carboxylic acid groups (broad SMARTS) is 1. The quantitative estimate of drug-likeness (QED) is 0.940. The number of carboxylic acids is 1. The van der Waals surface area contributed by atoms with Gasteiger partial charge in [-0.3, -0.25) is 4.79 Å². The second-order valence-corrected chi connectivity index (χ2v) is 6.37. The molecule has 1 amide bonds. The van der Waals surface area contributed by atoms with Gasteiger partial charge >= 0.3 is 5.97 Å². The molecule has 2 aromatic carbocycles. The highest BCUT2D eigenvalue weighted by atomic mass is 16.4. The number of aromatic carboxylic acids is 1. The lowest BCUT2D eigenvalue weighted by Crippen LogP contribution is -2.37. The minimum Gasteiger partial charge on any atom is -0.478 e. The van der Waals surface area contributed by atoms with Crippen LogP contribution in [0, 0.1) is 13.8 Å². The molecule has 24 heavy (non-hydrogen) atoms. The third kappa shape index (κ3) is 3.04. The molecular formula is C20H21NO3. The van der Waals surface area contributed by atoms with E-state index in [4.69, 9.17) is 0 Å². The zero-order valence-electron chi connectivity index (χ0n) is 14.0. The van der Waals surface area contributed by atoms with Crippen LogP contribution in [0.5, 0.6) is 0 Å². The van der Waals surface area contributed by atoms with E-state index in [1.165, 1.54) is 11.1 Å². The number of carbonyl (C=O) groups is 2. The van der Waals surface area contributed by atoms with Gasteiger partial charge in [-0.15, -0.1) is 0 Å². The first-order valence-corrected chi connectivity index (χ1v) is 8.19. The van der Waals surface area contributed by atoms with Gasteiger partial charge in [0, 0.05) is 12.2 Å². The van der Waals surface area contributed by atoms with Crippen molar-refractivity contribution in [1.29, 1.82) is 0 Å². The summed E-state index contributed by atoms with van der Waals surface area (Å²) in [4.78, 5) is 26.0. The molecule has 0 fully saturated rings. The third-order valence-corrected chi connectivity index (χ3v) is 4.58. The maximum atomic E-state index is 12.9. The van der Waals surface area contributed by atoms with Crippen LogP contribution in [0.1, 0.15) is 39.0 Å². The minimum atomic E-state index is -0.996. The van der Waals surface area contributed by atoms with Crippen LogP contribution in [0.4, 0.5) is 5.69 Å². The smallest absolute Gasteiger partial charge is 0.335 e. The third-order valence-electron chi connectivity index (χ3n) is 4.58. The normalized spacial score (nSPS) is 13.5. The van der Waals surface area contributed by atoms with Crippen LogP contribution in [0.25, 0.3) is 0 Å². The van der Waals surface area contributed by atoms with Gasteiger partial charge in [0.1, 0.15) is 0 Å². The number of benzene rings is 2. The molecule has 1 aliphatic heterocycles. The fraction of sp³-hybridized carbons (Fsp3) is 0.300. The Hall–Kier alpha value is -2.62. The molecular weight excluding hydrogens is 302 g/mol. The summed E-state index contributed by atoms with van der Waals surface area (Å²) < 4.78 is 0. The summed E-state index contributed by atoms with van der Waals surface area (Å²) in [6.45, 7) is 4.80. The number of fused-ring (bicyclic) bond motifs is 1. The molecule has 124 valence electrons. The lowest BCUT2D eigenvalue weighted by atomic mass is 9.94. The van der Waals surface area contributed by atoms with Gasteiger partial charge in [-0.1, -0.05) is 24.3 Å². The predicted molar refractivity (Wildman–Crippen MR) is 93.7 cm³/mol. The van der Waals surface area contributed by atoms with E-state index in [1.54, 1.807) is 24.3 Å². The van der Waals surface area contributed by atoms with Crippen LogP contribution in [-0.2, 0) is 17.6 Å². The van der Waals surface area contributed by atoms with Crippen LogP contribution in [0.15, 0.2) is 36.4 Å². The Bertz CT molecular complexity index is 811. The maximum absolute atomic E-state index is 12.9. The summed E-state index contributed by atoms with van der Waals surface area (Å²) in [7, 11) is 0. The van der Waals surface area contributed by atoms with Gasteiger partial charge in [-0.2, -0.15) is 0 Å². The Labute approximate surface area is 141 Å². The van der Waals surface area contributed by atoms with Gasteiger partial charge in [0.2, 0.25) is 5.91 Å². The standard InChI is InChI=1S/C20H21NO3/c1-13-10-14(2)16-8-5-9-21(18(16)11-13)19(22)12-15-6-3-4-7-17(15)20(23)24/h3-4,6-7,10-11H,5,8-9,12H2,1-2H3,(H,23,24). The van der Waals surface area contributed by atoms with Crippen LogP contribution >= 0.6 is 0 Å². The molecule has 4 nitrogen and oxygen atoms in total. The highest BCUT2D eigenvalue weighted by Crippen LogP contribution is 2.31. The first-order valence-electron chi connectivity index (χ1n) is 8.19. The number of rotatable bonds is 3. The Balaban J connectivity index is 1.92. The molecule has 4 heteroatoms. The number of aryl methyl sites for hydroxylation is 2. The number of nitrogens with zero attached hydrogens (tertiary/aromatic N) is 1. The molecule has 1 aliphatic rings. The summed E-state index contributed by atoms with van der Waals surface area (Å²) in [6.07, 6.45) is 2.02. The molecule has 3 rings (SSSR count). The van der Waals surface area contributed by atoms with Gasteiger partial charge in [-0.25, -0.2) is 4.79 Å². The first kappa shape index (κ1) is 16.2. The fourth-order valence-corrected chi connectivity index (χ4v) is 3.48. The van der Waals surface area contributed by atoms with Crippen LogP contribution in [-0.4, -0.2) is 23.5 Å². The molecule has 2 aromatic rings. The number of hydrogen-bond donors (Lipinski definition) is 1. The van der Waals surface area contributed by atoms with Gasteiger partial charge in [0.05, 0.1) is 12.0 Å². The molecule has 1 N–H and O–H groups in total. The zero-order valence-corrected chi connectivity index (χ0v) is 14.0. The van der Waals surface area contributed by atoms with E-state index < -0.39 is 5.97 Å². The van der Waals surface area contributed by atoms with Gasteiger partial charge < -0.3 is 10.0 Å². The molecule has 1 heterocycles. The average molecular weight is 323 g/mol. The summed E-state index contributed by atoms with van der Waals surface area (Å²) in [5.41, 5.74) is 5.32. The number of carbonyl (C=O) groups excluding carboxylic acids is 1. The molecule has 0 spiro atoms. The van der Waals surface area contributed by atoms with Crippen molar-refractivity contribution in [2.75, 3.05) is 11.4 Å². The van der Waals surface area contributed by atoms with Crippen molar-refractivity contribution in [3.63, 3.8) is 0 Å². The Morgan fingerprint density at radius 1 is 1.17 bits per heavy atom. The molecule has 0 saturated heterocycles. The van der Waals surface area contributed by atoms with Crippen LogP contribution in [0.2, 0.25) is 0 Å². The summed E-state index contributed by atoms with van der Waals surface area (Å²) in [5.74, 6) is -1.04. The number of anilines is 1. The Morgan fingerprint density at radius 2 is 1.92 bits per heavy atom. The van der Waals surface area contributed by atoms with Crippen LogP contribution in [0.3, 0.4) is 0 Å². The minimum absolute atomic E-state index is 0.0466.